The van der Waals surface area contributed by atoms with Crippen molar-refractivity contribution >= 4 is 11.6 Å². The second-order valence-electron chi connectivity index (χ2n) is 5.85. The van der Waals surface area contributed by atoms with Crippen molar-refractivity contribution in [2.24, 2.45) is 0 Å². The number of hydrogen-bond acceptors (Lipinski definition) is 5. The molecule has 0 spiro atoms. The SMILES string of the molecule is N#Cc1ccc(NC2CCN(c3ccc(C(F)(F)F)cn3)CC2)nc1. The van der Waals surface area contributed by atoms with E-state index in [-0.39, 0.29) is 6.04 Å². The quantitative estimate of drug-likeness (QED) is 0.921. The lowest BCUT2D eigenvalue weighted by Gasteiger charge is -2.33. The minimum Gasteiger partial charge on any atom is -0.367 e. The average Bonchev–Trinajstić information content (AvgIpc) is 2.62. The van der Waals surface area contributed by atoms with Crippen molar-refractivity contribution < 1.29 is 13.2 Å². The molecule has 2 aromatic heterocycles. The molecule has 0 aromatic carbocycles. The molecule has 1 aliphatic rings. The number of nitrogens with zero attached hydrogens (tertiary/aromatic N) is 4. The van der Waals surface area contributed by atoms with Gasteiger partial charge in [0, 0.05) is 31.5 Å². The third-order valence-corrected chi connectivity index (χ3v) is 4.14. The van der Waals surface area contributed by atoms with Crippen molar-refractivity contribution in [1.29, 1.82) is 5.26 Å². The van der Waals surface area contributed by atoms with Gasteiger partial charge in [-0.3, -0.25) is 0 Å². The summed E-state index contributed by atoms with van der Waals surface area (Å²) in [5.41, 5.74) is -0.228. The van der Waals surface area contributed by atoms with Crippen LogP contribution in [0.25, 0.3) is 0 Å². The van der Waals surface area contributed by atoms with Crippen LogP contribution in [0.2, 0.25) is 0 Å². The zero-order valence-corrected chi connectivity index (χ0v) is 13.3. The van der Waals surface area contributed by atoms with E-state index in [9.17, 15) is 13.2 Å². The Morgan fingerprint density at radius 3 is 2.36 bits per heavy atom. The third kappa shape index (κ3) is 4.18. The molecule has 8 heteroatoms. The normalized spacial score (nSPS) is 15.7. The molecule has 0 unspecified atom stereocenters. The van der Waals surface area contributed by atoms with Gasteiger partial charge in [0.15, 0.2) is 0 Å². The molecule has 1 N–H and O–H groups in total. The van der Waals surface area contributed by atoms with E-state index >= 15 is 0 Å². The predicted octanol–water partition coefficient (Wildman–Crippen LogP) is 3.45. The molecule has 1 aliphatic heterocycles. The smallest absolute Gasteiger partial charge is 0.367 e. The summed E-state index contributed by atoms with van der Waals surface area (Å²) in [4.78, 5) is 10.1. The van der Waals surface area contributed by atoms with Crippen LogP contribution in [0.5, 0.6) is 0 Å². The molecule has 130 valence electrons. The van der Waals surface area contributed by atoms with Crippen molar-refractivity contribution in [3.05, 3.63) is 47.8 Å². The summed E-state index contributed by atoms with van der Waals surface area (Å²) < 4.78 is 37.7. The Balaban J connectivity index is 1.55. The summed E-state index contributed by atoms with van der Waals surface area (Å²) in [6, 6.07) is 8.20. The van der Waals surface area contributed by atoms with Crippen LogP contribution in [0.4, 0.5) is 24.8 Å². The van der Waals surface area contributed by atoms with Crippen LogP contribution in [0.3, 0.4) is 0 Å². The molecule has 1 fully saturated rings. The number of hydrogen-bond donors (Lipinski definition) is 1. The first-order chi connectivity index (χ1) is 12.0. The van der Waals surface area contributed by atoms with Gasteiger partial charge in [0.2, 0.25) is 0 Å². The topological polar surface area (TPSA) is 64.8 Å². The maximum Gasteiger partial charge on any atom is 0.417 e. The van der Waals surface area contributed by atoms with Crippen molar-refractivity contribution in [3.8, 4) is 6.07 Å². The summed E-state index contributed by atoms with van der Waals surface area (Å²) in [6.45, 7) is 1.40. The highest BCUT2D eigenvalue weighted by Crippen LogP contribution is 2.30. The van der Waals surface area contributed by atoms with Crippen LogP contribution in [-0.2, 0) is 6.18 Å². The van der Waals surface area contributed by atoms with Gasteiger partial charge in [-0.2, -0.15) is 18.4 Å². The molecule has 0 amide bonds. The van der Waals surface area contributed by atoms with Gasteiger partial charge in [-0.05, 0) is 37.1 Å². The number of halogens is 3. The Morgan fingerprint density at radius 1 is 1.08 bits per heavy atom. The highest BCUT2D eigenvalue weighted by molar-refractivity contribution is 5.42. The highest BCUT2D eigenvalue weighted by atomic mass is 19.4. The van der Waals surface area contributed by atoms with Gasteiger partial charge >= 0.3 is 6.18 Å². The Kier molecular flexibility index (Phi) is 4.74. The fraction of sp³-hybridized carbons (Fsp3) is 0.353. The summed E-state index contributed by atoms with van der Waals surface area (Å²) in [5, 5.41) is 12.1. The van der Waals surface area contributed by atoms with E-state index in [4.69, 9.17) is 5.26 Å². The average molecular weight is 347 g/mol. The number of aromatic nitrogens is 2. The standard InChI is InChI=1S/C17H16F3N5/c18-17(19,20)13-2-4-16(23-11-13)25-7-5-14(6-8-25)24-15-3-1-12(9-21)10-22-15/h1-4,10-11,14H,5-8H2,(H,22,24). The van der Waals surface area contributed by atoms with Crippen molar-refractivity contribution in [2.45, 2.75) is 25.1 Å². The first kappa shape index (κ1) is 17.0. The van der Waals surface area contributed by atoms with E-state index in [1.807, 2.05) is 11.0 Å². The van der Waals surface area contributed by atoms with Crippen molar-refractivity contribution in [1.82, 2.24) is 9.97 Å². The van der Waals surface area contributed by atoms with Crippen molar-refractivity contribution in [3.63, 3.8) is 0 Å². The number of piperidine rings is 1. The lowest BCUT2D eigenvalue weighted by atomic mass is 10.0. The van der Waals surface area contributed by atoms with Crippen LogP contribution in [-0.4, -0.2) is 29.1 Å². The summed E-state index contributed by atoms with van der Waals surface area (Å²) in [7, 11) is 0. The van der Waals surface area contributed by atoms with E-state index in [0.29, 0.717) is 30.3 Å². The Labute approximate surface area is 143 Å². The lowest BCUT2D eigenvalue weighted by Crippen LogP contribution is -2.39. The number of anilines is 2. The molecule has 0 saturated carbocycles. The number of alkyl halides is 3. The van der Waals surface area contributed by atoms with E-state index in [1.54, 1.807) is 12.1 Å². The van der Waals surface area contributed by atoms with Crippen LogP contribution >= 0.6 is 0 Å². The first-order valence-electron chi connectivity index (χ1n) is 7.86. The lowest BCUT2D eigenvalue weighted by molar-refractivity contribution is -0.137. The molecule has 25 heavy (non-hydrogen) atoms. The van der Waals surface area contributed by atoms with Gasteiger partial charge in [-0.1, -0.05) is 0 Å². The molecule has 0 atom stereocenters. The Morgan fingerprint density at radius 2 is 1.84 bits per heavy atom. The Hall–Kier alpha value is -2.82. The molecule has 5 nitrogen and oxygen atoms in total. The maximum atomic E-state index is 12.6. The van der Waals surface area contributed by atoms with Crippen LogP contribution in [0, 0.1) is 11.3 Å². The minimum absolute atomic E-state index is 0.228. The number of rotatable bonds is 3. The summed E-state index contributed by atoms with van der Waals surface area (Å²) in [6.07, 6.45) is -0.324. The maximum absolute atomic E-state index is 12.6. The van der Waals surface area contributed by atoms with Gasteiger partial charge < -0.3 is 10.2 Å². The van der Waals surface area contributed by atoms with Gasteiger partial charge in [0.05, 0.1) is 11.1 Å². The van der Waals surface area contributed by atoms with Crippen LogP contribution in [0.1, 0.15) is 24.0 Å². The molecule has 1 saturated heterocycles. The zero-order chi connectivity index (χ0) is 17.9. The van der Waals surface area contributed by atoms with E-state index in [0.717, 1.165) is 25.1 Å². The molecule has 0 bridgehead atoms. The predicted molar refractivity (Wildman–Crippen MR) is 87.0 cm³/mol. The number of nitrogens with one attached hydrogen (secondary N) is 1. The van der Waals surface area contributed by atoms with Crippen LogP contribution in [0.15, 0.2) is 36.7 Å². The molecule has 3 heterocycles. The van der Waals surface area contributed by atoms with Crippen LogP contribution < -0.4 is 10.2 Å². The molecule has 2 aromatic rings. The fourth-order valence-electron chi connectivity index (χ4n) is 2.75. The number of nitriles is 1. The van der Waals surface area contributed by atoms with Gasteiger partial charge in [-0.25, -0.2) is 9.97 Å². The van der Waals surface area contributed by atoms with E-state index < -0.39 is 11.7 Å². The minimum atomic E-state index is -4.36. The Bertz CT molecular complexity index is 742. The van der Waals surface area contributed by atoms with E-state index in [2.05, 4.69) is 15.3 Å². The monoisotopic (exact) mass is 347 g/mol. The zero-order valence-electron chi connectivity index (χ0n) is 13.3. The second kappa shape index (κ2) is 6.97. The third-order valence-electron chi connectivity index (χ3n) is 4.14. The summed E-state index contributed by atoms with van der Waals surface area (Å²) in [5.74, 6) is 1.27. The van der Waals surface area contributed by atoms with Crippen molar-refractivity contribution in [2.75, 3.05) is 23.3 Å². The van der Waals surface area contributed by atoms with Gasteiger partial charge in [0.25, 0.3) is 0 Å². The molecule has 0 radical (unpaired) electrons. The first-order valence-corrected chi connectivity index (χ1v) is 7.86. The summed E-state index contributed by atoms with van der Waals surface area (Å²) >= 11 is 0. The fourth-order valence-corrected chi connectivity index (χ4v) is 2.75. The second-order valence-corrected chi connectivity index (χ2v) is 5.85. The highest BCUT2D eigenvalue weighted by Gasteiger charge is 2.31. The molecule has 3 rings (SSSR count). The van der Waals surface area contributed by atoms with Gasteiger partial charge in [0.1, 0.15) is 17.7 Å². The molecular weight excluding hydrogens is 331 g/mol. The largest absolute Gasteiger partial charge is 0.417 e. The molecular formula is C17H16F3N5. The van der Waals surface area contributed by atoms with Gasteiger partial charge in [-0.15, -0.1) is 0 Å². The number of pyridine rings is 2. The van der Waals surface area contributed by atoms with E-state index in [1.165, 1.54) is 12.3 Å². The molecule has 0 aliphatic carbocycles.